The van der Waals surface area contributed by atoms with Gasteiger partial charge in [0.2, 0.25) is 0 Å². The SMILES string of the molecule is c1ccc(-[s+]2ccc3cc4ccccc4cc32)cc1. The van der Waals surface area contributed by atoms with E-state index >= 15 is 0 Å². The largest absolute Gasteiger partial charge is 0.187 e. The summed E-state index contributed by atoms with van der Waals surface area (Å²) in [5.74, 6) is 0. The Bertz CT molecular complexity index is 857. The van der Waals surface area contributed by atoms with Gasteiger partial charge in [0, 0.05) is 28.0 Å². The average Bonchev–Trinajstić information content (AvgIpc) is 2.88. The number of rotatable bonds is 1. The first kappa shape index (κ1) is 10.8. The Kier molecular flexibility index (Phi) is 2.39. The number of fused-ring (bicyclic) bond motifs is 2. The highest BCUT2D eigenvalue weighted by Crippen LogP contribution is 2.40. The number of benzene rings is 3. The van der Waals surface area contributed by atoms with Crippen molar-refractivity contribution in [1.82, 2.24) is 0 Å². The molecular weight excluding hydrogens is 248 g/mol. The van der Waals surface area contributed by atoms with E-state index in [0.717, 1.165) is 0 Å². The monoisotopic (exact) mass is 261 g/mol. The molecule has 19 heavy (non-hydrogen) atoms. The van der Waals surface area contributed by atoms with Crippen LogP contribution < -0.4 is 0 Å². The van der Waals surface area contributed by atoms with Gasteiger partial charge in [-0.05, 0) is 29.0 Å². The van der Waals surface area contributed by atoms with Gasteiger partial charge in [-0.1, -0.05) is 42.5 Å². The summed E-state index contributed by atoms with van der Waals surface area (Å²) >= 11 is 0. The maximum Gasteiger partial charge on any atom is 0.187 e. The first-order valence-electron chi connectivity index (χ1n) is 6.41. The number of thiophene rings is 1. The molecule has 4 rings (SSSR count). The number of hydrogen-bond donors (Lipinski definition) is 0. The molecule has 0 bridgehead atoms. The van der Waals surface area contributed by atoms with Crippen molar-refractivity contribution in [3.8, 4) is 4.90 Å². The molecule has 0 N–H and O–H groups in total. The number of hydrogen-bond acceptors (Lipinski definition) is 0. The third-order valence-electron chi connectivity index (χ3n) is 3.50. The van der Waals surface area contributed by atoms with Crippen molar-refractivity contribution < 1.29 is 0 Å². The van der Waals surface area contributed by atoms with Crippen molar-refractivity contribution in [3.05, 3.63) is 78.2 Å². The van der Waals surface area contributed by atoms with Crippen molar-refractivity contribution in [1.29, 1.82) is 0 Å². The summed E-state index contributed by atoms with van der Waals surface area (Å²) in [5, 5.41) is 6.35. The van der Waals surface area contributed by atoms with E-state index in [2.05, 4.69) is 78.2 Å². The summed E-state index contributed by atoms with van der Waals surface area (Å²) in [4.78, 5) is 1.40. The van der Waals surface area contributed by atoms with Crippen LogP contribution in [0.4, 0.5) is 0 Å². The van der Waals surface area contributed by atoms with E-state index in [1.54, 1.807) is 0 Å². The molecule has 0 aliphatic heterocycles. The molecule has 1 aromatic heterocycles. The smallest absolute Gasteiger partial charge is 0.0619 e. The second-order valence-electron chi connectivity index (χ2n) is 4.69. The van der Waals surface area contributed by atoms with E-state index in [1.807, 2.05) is 0 Å². The molecule has 1 heterocycles. The van der Waals surface area contributed by atoms with E-state index in [4.69, 9.17) is 0 Å². The first-order valence-corrected chi connectivity index (χ1v) is 7.70. The van der Waals surface area contributed by atoms with Crippen LogP contribution in [0, 0.1) is 0 Å². The minimum atomic E-state index is 0.0978. The molecule has 3 aromatic carbocycles. The van der Waals surface area contributed by atoms with E-state index in [-0.39, 0.29) is 10.5 Å². The van der Waals surface area contributed by atoms with Crippen LogP contribution in [0.2, 0.25) is 0 Å². The predicted molar refractivity (Wildman–Crippen MR) is 85.3 cm³/mol. The Hall–Kier alpha value is -2.12. The van der Waals surface area contributed by atoms with Crippen molar-refractivity contribution in [2.24, 2.45) is 0 Å². The van der Waals surface area contributed by atoms with Gasteiger partial charge in [0.05, 0.1) is 0 Å². The Labute approximate surface area is 114 Å². The van der Waals surface area contributed by atoms with Gasteiger partial charge in [-0.15, -0.1) is 0 Å². The fourth-order valence-corrected chi connectivity index (χ4v) is 4.47. The standard InChI is InChI=1S/C18H13S/c1-2-8-17(9-3-1)19-11-10-16-12-14-6-4-5-7-15(14)13-18(16)19/h1-13H/q+1. The lowest BCUT2D eigenvalue weighted by atomic mass is 10.1. The maximum atomic E-state index is 2.35. The summed E-state index contributed by atoms with van der Waals surface area (Å²) in [6.45, 7) is 0. The highest BCUT2D eigenvalue weighted by Gasteiger charge is 2.15. The van der Waals surface area contributed by atoms with Gasteiger partial charge < -0.3 is 0 Å². The third kappa shape index (κ3) is 1.74. The van der Waals surface area contributed by atoms with Gasteiger partial charge in [-0.2, -0.15) is 0 Å². The Balaban J connectivity index is 2.05. The van der Waals surface area contributed by atoms with Gasteiger partial charge in [0.15, 0.2) is 9.60 Å². The fourth-order valence-electron chi connectivity index (χ4n) is 2.55. The van der Waals surface area contributed by atoms with E-state index in [0.29, 0.717) is 0 Å². The average molecular weight is 261 g/mol. The zero-order valence-electron chi connectivity index (χ0n) is 10.4. The molecule has 0 nitrogen and oxygen atoms in total. The third-order valence-corrected chi connectivity index (χ3v) is 5.51. The molecule has 0 radical (unpaired) electrons. The zero-order valence-corrected chi connectivity index (χ0v) is 11.2. The van der Waals surface area contributed by atoms with Gasteiger partial charge in [0.25, 0.3) is 0 Å². The second kappa shape index (κ2) is 4.22. The lowest BCUT2D eigenvalue weighted by Gasteiger charge is -1.96. The summed E-state index contributed by atoms with van der Waals surface area (Å²) < 4.78 is 1.45. The minimum Gasteiger partial charge on any atom is -0.0619 e. The molecule has 0 amide bonds. The molecule has 0 saturated heterocycles. The van der Waals surface area contributed by atoms with Gasteiger partial charge in [0.1, 0.15) is 5.38 Å². The van der Waals surface area contributed by atoms with Crippen LogP contribution in [0.1, 0.15) is 0 Å². The molecule has 0 saturated carbocycles. The molecule has 1 heteroatoms. The Morgan fingerprint density at radius 3 is 2.05 bits per heavy atom. The van der Waals surface area contributed by atoms with Gasteiger partial charge in [-0.3, -0.25) is 0 Å². The lowest BCUT2D eigenvalue weighted by molar-refractivity contribution is 1.76. The first-order chi connectivity index (χ1) is 9.42. The molecule has 1 atom stereocenters. The van der Waals surface area contributed by atoms with Gasteiger partial charge in [-0.25, -0.2) is 0 Å². The predicted octanol–water partition coefficient (Wildman–Crippen LogP) is 5.73. The van der Waals surface area contributed by atoms with E-state index in [9.17, 15) is 0 Å². The van der Waals surface area contributed by atoms with E-state index in [1.165, 1.54) is 25.8 Å². The topological polar surface area (TPSA) is 0 Å². The van der Waals surface area contributed by atoms with Crippen LogP contribution in [0.5, 0.6) is 0 Å². The second-order valence-corrected chi connectivity index (χ2v) is 6.55. The summed E-state index contributed by atoms with van der Waals surface area (Å²) in [7, 11) is 0.0978. The fraction of sp³-hybridized carbons (Fsp3) is 0. The summed E-state index contributed by atoms with van der Waals surface area (Å²) in [6.07, 6.45) is 0. The van der Waals surface area contributed by atoms with Crippen molar-refractivity contribution in [3.63, 3.8) is 0 Å². The normalized spacial score (nSPS) is 12.1. The zero-order chi connectivity index (χ0) is 12.7. The molecule has 4 aromatic rings. The molecule has 0 spiro atoms. The van der Waals surface area contributed by atoms with Gasteiger partial charge >= 0.3 is 0 Å². The van der Waals surface area contributed by atoms with Crippen molar-refractivity contribution >= 4 is 31.3 Å². The molecule has 0 aliphatic carbocycles. The molecular formula is C18H13S+. The molecule has 90 valence electrons. The summed E-state index contributed by atoms with van der Waals surface area (Å²) in [6, 6.07) is 26.3. The van der Waals surface area contributed by atoms with Crippen LogP contribution in [-0.4, -0.2) is 0 Å². The lowest BCUT2D eigenvalue weighted by Crippen LogP contribution is -1.72. The van der Waals surface area contributed by atoms with E-state index < -0.39 is 0 Å². The molecule has 1 unspecified atom stereocenters. The van der Waals surface area contributed by atoms with Crippen LogP contribution in [0.3, 0.4) is 0 Å². The van der Waals surface area contributed by atoms with Crippen LogP contribution in [0.15, 0.2) is 78.2 Å². The quantitative estimate of drug-likeness (QED) is 0.384. The maximum absolute atomic E-state index is 2.35. The van der Waals surface area contributed by atoms with Crippen molar-refractivity contribution in [2.45, 2.75) is 0 Å². The highest BCUT2D eigenvalue weighted by molar-refractivity contribution is 7.43. The highest BCUT2D eigenvalue weighted by atomic mass is 32.2. The van der Waals surface area contributed by atoms with Crippen LogP contribution in [0.25, 0.3) is 25.8 Å². The molecule has 0 fully saturated rings. The Morgan fingerprint density at radius 1 is 0.579 bits per heavy atom. The minimum absolute atomic E-state index is 0.0978. The Morgan fingerprint density at radius 2 is 1.26 bits per heavy atom. The van der Waals surface area contributed by atoms with Crippen LogP contribution >= 0.6 is 10.5 Å². The van der Waals surface area contributed by atoms with Crippen molar-refractivity contribution in [2.75, 3.05) is 0 Å². The summed E-state index contributed by atoms with van der Waals surface area (Å²) in [5.41, 5.74) is 0. The molecule has 0 aliphatic rings. The van der Waals surface area contributed by atoms with Crippen LogP contribution in [-0.2, 0) is 0 Å².